The van der Waals surface area contributed by atoms with Gasteiger partial charge in [0.15, 0.2) is 0 Å². The first-order valence-electron chi connectivity index (χ1n) is 7.54. The molecule has 4 heteroatoms. The highest BCUT2D eigenvalue weighted by atomic mass is 32.1. The van der Waals surface area contributed by atoms with Crippen LogP contribution in [0.2, 0.25) is 0 Å². The van der Waals surface area contributed by atoms with Gasteiger partial charge in [0.05, 0.1) is 13.5 Å². The molecule has 0 radical (unpaired) electrons. The lowest BCUT2D eigenvalue weighted by atomic mass is 9.98. The zero-order chi connectivity index (χ0) is 14.7. The fraction of sp³-hybridized carbons (Fsp3) is 0.471. The summed E-state index contributed by atoms with van der Waals surface area (Å²) >= 11 is 1.80. The lowest BCUT2D eigenvalue weighted by Gasteiger charge is -2.35. The Morgan fingerprint density at radius 3 is 3.10 bits per heavy atom. The van der Waals surface area contributed by atoms with Crippen molar-refractivity contribution in [3.8, 4) is 0 Å². The normalized spacial score (nSPS) is 19.8. The van der Waals surface area contributed by atoms with Crippen molar-refractivity contribution >= 4 is 27.4 Å². The number of thiophene rings is 1. The van der Waals surface area contributed by atoms with Gasteiger partial charge in [0, 0.05) is 17.3 Å². The topological polar surface area (TPSA) is 29.5 Å². The summed E-state index contributed by atoms with van der Waals surface area (Å²) in [6.07, 6.45) is 4.04. The van der Waals surface area contributed by atoms with E-state index in [0.717, 1.165) is 19.5 Å². The largest absolute Gasteiger partial charge is 0.469 e. The number of likely N-dealkylation sites (tertiary alicyclic amines) is 1. The molecule has 0 spiro atoms. The maximum Gasteiger partial charge on any atom is 0.307 e. The molecule has 1 unspecified atom stereocenters. The Labute approximate surface area is 129 Å². The van der Waals surface area contributed by atoms with Gasteiger partial charge in [-0.15, -0.1) is 11.3 Å². The first kappa shape index (κ1) is 14.5. The standard InChI is InChI=1S/C17H21NO2S/c1-20-17(19)10-14-6-4-5-9-18(14)11-13-12-21-16-8-3-2-7-15(13)16/h2-3,7-8,12,14H,4-6,9-11H2,1H3. The number of carbonyl (C=O) groups is 1. The van der Waals surface area contributed by atoms with Crippen molar-refractivity contribution in [2.45, 2.75) is 38.3 Å². The molecule has 2 heterocycles. The first-order valence-corrected chi connectivity index (χ1v) is 8.42. The van der Waals surface area contributed by atoms with Gasteiger partial charge in [0.2, 0.25) is 0 Å². The monoisotopic (exact) mass is 303 g/mol. The van der Waals surface area contributed by atoms with Crippen LogP contribution in [0, 0.1) is 0 Å². The van der Waals surface area contributed by atoms with Crippen LogP contribution in [0.25, 0.3) is 10.1 Å². The molecule has 1 fully saturated rings. The number of hydrogen-bond donors (Lipinski definition) is 0. The second kappa shape index (κ2) is 6.58. The molecule has 1 aliphatic rings. The summed E-state index contributed by atoms with van der Waals surface area (Å²) in [6, 6.07) is 8.88. The second-order valence-electron chi connectivity index (χ2n) is 5.66. The SMILES string of the molecule is COC(=O)CC1CCCCN1Cc1csc2ccccc12. The zero-order valence-corrected chi connectivity index (χ0v) is 13.2. The average Bonchev–Trinajstić information content (AvgIpc) is 2.92. The predicted molar refractivity (Wildman–Crippen MR) is 86.5 cm³/mol. The summed E-state index contributed by atoms with van der Waals surface area (Å²) < 4.78 is 6.18. The molecule has 0 aliphatic carbocycles. The third-order valence-electron chi connectivity index (χ3n) is 4.31. The van der Waals surface area contributed by atoms with Gasteiger partial charge in [-0.1, -0.05) is 24.6 Å². The van der Waals surface area contributed by atoms with Gasteiger partial charge < -0.3 is 4.74 Å². The van der Waals surface area contributed by atoms with E-state index < -0.39 is 0 Å². The van der Waals surface area contributed by atoms with E-state index in [2.05, 4.69) is 34.5 Å². The summed E-state index contributed by atoms with van der Waals surface area (Å²) in [5, 5.41) is 3.61. The molecule has 0 N–H and O–H groups in total. The number of ether oxygens (including phenoxy) is 1. The molecule has 3 rings (SSSR count). The molecule has 0 bridgehead atoms. The number of nitrogens with zero attached hydrogens (tertiary/aromatic N) is 1. The van der Waals surface area contributed by atoms with Crippen molar-refractivity contribution in [2.24, 2.45) is 0 Å². The Morgan fingerprint density at radius 2 is 2.24 bits per heavy atom. The summed E-state index contributed by atoms with van der Waals surface area (Å²) in [6.45, 7) is 2.01. The molecule has 0 saturated carbocycles. The van der Waals surface area contributed by atoms with Crippen molar-refractivity contribution in [3.05, 3.63) is 35.2 Å². The Morgan fingerprint density at radius 1 is 1.38 bits per heavy atom. The summed E-state index contributed by atoms with van der Waals surface area (Å²) in [5.74, 6) is -0.0953. The highest BCUT2D eigenvalue weighted by Gasteiger charge is 2.25. The van der Waals surface area contributed by atoms with Crippen LogP contribution in [0.4, 0.5) is 0 Å². The summed E-state index contributed by atoms with van der Waals surface area (Å²) in [5.41, 5.74) is 1.38. The minimum absolute atomic E-state index is 0.0953. The molecule has 3 nitrogen and oxygen atoms in total. The lowest BCUT2D eigenvalue weighted by Crippen LogP contribution is -2.40. The predicted octanol–water partition coefficient (Wildman–Crippen LogP) is 3.82. The maximum atomic E-state index is 11.6. The molecule has 1 aromatic carbocycles. The minimum Gasteiger partial charge on any atom is -0.469 e. The van der Waals surface area contributed by atoms with Crippen LogP contribution < -0.4 is 0 Å². The van der Waals surface area contributed by atoms with E-state index in [4.69, 9.17) is 4.74 Å². The fourth-order valence-corrected chi connectivity index (χ4v) is 4.10. The number of fused-ring (bicyclic) bond motifs is 1. The van der Waals surface area contributed by atoms with Crippen molar-refractivity contribution in [1.29, 1.82) is 0 Å². The van der Waals surface area contributed by atoms with Crippen molar-refractivity contribution < 1.29 is 9.53 Å². The fourth-order valence-electron chi connectivity index (χ4n) is 3.15. The minimum atomic E-state index is -0.0953. The second-order valence-corrected chi connectivity index (χ2v) is 6.57. The Bertz CT molecular complexity index is 622. The van der Waals surface area contributed by atoms with Crippen LogP contribution in [0.5, 0.6) is 0 Å². The molecule has 0 amide bonds. The van der Waals surface area contributed by atoms with E-state index in [0.29, 0.717) is 12.5 Å². The Kier molecular flexibility index (Phi) is 4.56. The summed E-state index contributed by atoms with van der Waals surface area (Å²) in [4.78, 5) is 14.0. The molecule has 112 valence electrons. The number of benzene rings is 1. The molecule has 1 atom stereocenters. The van der Waals surface area contributed by atoms with Gasteiger partial charge in [-0.3, -0.25) is 9.69 Å². The van der Waals surface area contributed by atoms with E-state index in [1.807, 2.05) is 0 Å². The van der Waals surface area contributed by atoms with Gasteiger partial charge in [-0.2, -0.15) is 0 Å². The maximum absolute atomic E-state index is 11.6. The average molecular weight is 303 g/mol. The van der Waals surface area contributed by atoms with Gasteiger partial charge >= 0.3 is 5.97 Å². The van der Waals surface area contributed by atoms with Gasteiger partial charge in [-0.05, 0) is 41.8 Å². The van der Waals surface area contributed by atoms with E-state index in [1.165, 1.54) is 35.6 Å². The first-order chi connectivity index (χ1) is 10.3. The summed E-state index contributed by atoms with van der Waals surface area (Å²) in [7, 11) is 1.47. The number of piperidine rings is 1. The van der Waals surface area contributed by atoms with Crippen molar-refractivity contribution in [1.82, 2.24) is 4.90 Å². The van der Waals surface area contributed by atoms with E-state index >= 15 is 0 Å². The molecule has 1 aliphatic heterocycles. The molecule has 2 aromatic rings. The third-order valence-corrected chi connectivity index (χ3v) is 5.33. The highest BCUT2D eigenvalue weighted by Crippen LogP contribution is 2.29. The number of hydrogen-bond acceptors (Lipinski definition) is 4. The van der Waals surface area contributed by atoms with Gasteiger partial charge in [-0.25, -0.2) is 0 Å². The highest BCUT2D eigenvalue weighted by molar-refractivity contribution is 7.17. The smallest absolute Gasteiger partial charge is 0.307 e. The van der Waals surface area contributed by atoms with Crippen LogP contribution in [0.3, 0.4) is 0 Å². The van der Waals surface area contributed by atoms with E-state index in [1.54, 1.807) is 11.3 Å². The molecule has 1 aromatic heterocycles. The molecular formula is C17H21NO2S. The quantitative estimate of drug-likeness (QED) is 0.804. The van der Waals surface area contributed by atoms with Crippen LogP contribution in [0.15, 0.2) is 29.6 Å². The van der Waals surface area contributed by atoms with Crippen LogP contribution >= 0.6 is 11.3 Å². The van der Waals surface area contributed by atoms with Gasteiger partial charge in [0.25, 0.3) is 0 Å². The van der Waals surface area contributed by atoms with Gasteiger partial charge in [0.1, 0.15) is 0 Å². The number of carbonyl (C=O) groups excluding carboxylic acids is 1. The van der Waals surface area contributed by atoms with Crippen molar-refractivity contribution in [2.75, 3.05) is 13.7 Å². The van der Waals surface area contributed by atoms with E-state index in [9.17, 15) is 4.79 Å². The zero-order valence-electron chi connectivity index (χ0n) is 12.4. The number of esters is 1. The number of methoxy groups -OCH3 is 1. The molecular weight excluding hydrogens is 282 g/mol. The Balaban J connectivity index is 1.76. The van der Waals surface area contributed by atoms with Crippen molar-refractivity contribution in [3.63, 3.8) is 0 Å². The Hall–Kier alpha value is -1.39. The van der Waals surface area contributed by atoms with Crippen LogP contribution in [-0.2, 0) is 16.1 Å². The third kappa shape index (κ3) is 3.27. The van der Waals surface area contributed by atoms with Crippen LogP contribution in [-0.4, -0.2) is 30.6 Å². The number of rotatable bonds is 4. The molecule has 1 saturated heterocycles. The van der Waals surface area contributed by atoms with Crippen LogP contribution in [0.1, 0.15) is 31.2 Å². The molecule has 21 heavy (non-hydrogen) atoms. The lowest BCUT2D eigenvalue weighted by molar-refractivity contribution is -0.142. The van der Waals surface area contributed by atoms with E-state index in [-0.39, 0.29) is 5.97 Å².